The molecule has 0 radical (unpaired) electrons. The third kappa shape index (κ3) is 10.7. The van der Waals surface area contributed by atoms with Crippen molar-refractivity contribution < 1.29 is 33.1 Å². The minimum absolute atomic E-state index is 0.0783. The Bertz CT molecular complexity index is 2210. The van der Waals surface area contributed by atoms with E-state index in [0.29, 0.717) is 35.4 Å². The maximum Gasteiger partial charge on any atom is 0.306 e. The molecule has 58 heavy (non-hydrogen) atoms. The van der Waals surface area contributed by atoms with Crippen molar-refractivity contribution in [2.45, 2.75) is 73.0 Å². The van der Waals surface area contributed by atoms with E-state index >= 15 is 4.79 Å². The topological polar surface area (TPSA) is 131 Å². The molecule has 1 atom stereocenters. The molecule has 11 nitrogen and oxygen atoms in total. The van der Waals surface area contributed by atoms with Crippen molar-refractivity contribution in [2.24, 2.45) is 10.9 Å². The van der Waals surface area contributed by atoms with Gasteiger partial charge in [0, 0.05) is 85.5 Å². The van der Waals surface area contributed by atoms with Crippen molar-refractivity contribution in [1.29, 1.82) is 0 Å². The van der Waals surface area contributed by atoms with Crippen LogP contribution in [0.3, 0.4) is 0 Å². The van der Waals surface area contributed by atoms with Crippen molar-refractivity contribution in [1.82, 2.24) is 10.2 Å². The predicted octanol–water partition coefficient (Wildman–Crippen LogP) is 8.03. The molecule has 2 aliphatic rings. The zero-order valence-electron chi connectivity index (χ0n) is 34.6. The average molecular weight is 789 g/mol. The van der Waals surface area contributed by atoms with E-state index in [-0.39, 0.29) is 62.7 Å². The van der Waals surface area contributed by atoms with E-state index in [0.717, 1.165) is 46.2 Å². The van der Waals surface area contributed by atoms with Gasteiger partial charge < -0.3 is 29.0 Å². The summed E-state index contributed by atoms with van der Waals surface area (Å²) in [7, 11) is 1.33. The second-order valence-electron chi connectivity index (χ2n) is 14.4. The van der Waals surface area contributed by atoms with Gasteiger partial charge in [-0.15, -0.1) is 0 Å². The summed E-state index contributed by atoms with van der Waals surface area (Å²) in [5, 5.41) is 4.59. The lowest BCUT2D eigenvalue weighted by Crippen LogP contribution is -2.53. The highest BCUT2D eigenvalue weighted by Gasteiger charge is 2.34. The van der Waals surface area contributed by atoms with Gasteiger partial charge >= 0.3 is 11.9 Å². The van der Waals surface area contributed by atoms with Crippen LogP contribution < -0.4 is 15.6 Å². The first-order valence-corrected chi connectivity index (χ1v) is 20.3. The molecule has 2 amide bonds. The zero-order valence-corrected chi connectivity index (χ0v) is 34.6. The van der Waals surface area contributed by atoms with Crippen molar-refractivity contribution in [3.8, 4) is 22.5 Å². The van der Waals surface area contributed by atoms with Crippen molar-refractivity contribution in [3.63, 3.8) is 0 Å². The summed E-state index contributed by atoms with van der Waals surface area (Å²) in [6.07, 6.45) is 0.864. The lowest BCUT2D eigenvalue weighted by molar-refractivity contribution is -0.145. The Balaban J connectivity index is 1.50. The van der Waals surface area contributed by atoms with Gasteiger partial charge in [-0.3, -0.25) is 24.2 Å². The summed E-state index contributed by atoms with van der Waals surface area (Å²) in [6, 6.07) is 28.0. The molecule has 0 aromatic heterocycles. The minimum atomic E-state index is -0.877. The number of carbonyl (C=O) groups is 4. The molecular formula is C47H56N4O7. The average Bonchev–Trinajstić information content (AvgIpc) is 3.23. The quantitative estimate of drug-likeness (QED) is 0.0506. The van der Waals surface area contributed by atoms with Crippen LogP contribution in [0, 0.1) is 5.92 Å². The summed E-state index contributed by atoms with van der Waals surface area (Å²) >= 11 is 0. The first-order chi connectivity index (χ1) is 28.1. The molecule has 5 rings (SSSR count). The minimum Gasteiger partial charge on any atom is -0.469 e. The van der Waals surface area contributed by atoms with E-state index in [1.165, 1.54) is 7.11 Å². The molecule has 3 aromatic rings. The van der Waals surface area contributed by atoms with Gasteiger partial charge in [0.2, 0.25) is 5.91 Å². The SMILES string of the molecule is CCN=c1ccc2c(-c3ccccc3C(=O)N(CCCC(=O)OC)C(C(=O)NCCCC(=O)OCc3ccccc3)C(C)C)c3ccc(N(CC)CC)cc3oc-2c1. The summed E-state index contributed by atoms with van der Waals surface area (Å²) in [5.41, 5.74) is 5.32. The van der Waals surface area contributed by atoms with Crippen molar-refractivity contribution in [2.75, 3.05) is 44.7 Å². The molecule has 11 heteroatoms. The molecule has 1 aliphatic carbocycles. The molecule has 3 aromatic carbocycles. The Morgan fingerprint density at radius 2 is 1.53 bits per heavy atom. The fourth-order valence-corrected chi connectivity index (χ4v) is 7.29. The highest BCUT2D eigenvalue weighted by Crippen LogP contribution is 2.42. The number of amides is 2. The van der Waals surface area contributed by atoms with Gasteiger partial charge in [-0.2, -0.15) is 0 Å². The number of ether oxygens (including phenoxy) is 2. The van der Waals surface area contributed by atoms with E-state index in [4.69, 9.17) is 13.9 Å². The Morgan fingerprint density at radius 3 is 2.24 bits per heavy atom. The van der Waals surface area contributed by atoms with E-state index in [9.17, 15) is 14.4 Å². The fourth-order valence-electron chi connectivity index (χ4n) is 7.29. The van der Waals surface area contributed by atoms with Gasteiger partial charge in [0.25, 0.3) is 5.91 Å². The van der Waals surface area contributed by atoms with Crippen LogP contribution in [0.25, 0.3) is 33.4 Å². The summed E-state index contributed by atoms with van der Waals surface area (Å²) < 4.78 is 16.9. The zero-order chi connectivity index (χ0) is 41.6. The highest BCUT2D eigenvalue weighted by molar-refractivity contribution is 6.10. The normalized spacial score (nSPS) is 12.1. The van der Waals surface area contributed by atoms with E-state index < -0.39 is 12.0 Å². The van der Waals surface area contributed by atoms with Crippen LogP contribution in [0.15, 0.2) is 100 Å². The van der Waals surface area contributed by atoms with Crippen LogP contribution in [0.1, 0.15) is 76.2 Å². The number of benzene rings is 4. The molecule has 1 N–H and O–H groups in total. The van der Waals surface area contributed by atoms with E-state index in [1.807, 2.05) is 99.6 Å². The summed E-state index contributed by atoms with van der Waals surface area (Å²) in [6.45, 7) is 12.8. The molecule has 0 bridgehead atoms. The smallest absolute Gasteiger partial charge is 0.306 e. The van der Waals surface area contributed by atoms with Gasteiger partial charge in [0.15, 0.2) is 0 Å². The number of esters is 2. The number of rotatable bonds is 19. The molecule has 306 valence electrons. The number of nitrogens with one attached hydrogen (secondary N) is 1. The first kappa shape index (κ1) is 43.2. The standard InChI is InChI=1S/C47H56N4O7/c1-7-48-34-23-25-38-40(29-34)58-41-30-35(50(8-2)9-3)24-26-39(41)44(38)36-19-13-14-20-37(36)47(55)51(28-16-22-42(52)56-6)45(32(4)5)46(54)49-27-15-21-43(53)57-31-33-17-11-10-12-18-33/h10-14,17-20,23-26,29-30,32,45H,7-9,15-16,21-22,27-28,31H2,1-6H3,(H,49,54). The van der Waals surface area contributed by atoms with Crippen molar-refractivity contribution >= 4 is 40.4 Å². The van der Waals surface area contributed by atoms with Crippen LogP contribution in [0.2, 0.25) is 0 Å². The maximum absolute atomic E-state index is 15.1. The third-order valence-corrected chi connectivity index (χ3v) is 10.2. The number of carbonyl (C=O) groups excluding carboxylic acids is 4. The summed E-state index contributed by atoms with van der Waals surface area (Å²) in [5.74, 6) is -1.11. The van der Waals surface area contributed by atoms with Crippen LogP contribution >= 0.6 is 0 Å². The second kappa shape index (κ2) is 21.0. The van der Waals surface area contributed by atoms with Gasteiger partial charge in [-0.05, 0) is 81.0 Å². The fraction of sp³-hybridized carbons (Fsp3) is 0.383. The Labute approximate surface area is 341 Å². The lowest BCUT2D eigenvalue weighted by atomic mass is 9.89. The third-order valence-electron chi connectivity index (χ3n) is 10.2. The monoisotopic (exact) mass is 788 g/mol. The predicted molar refractivity (Wildman–Crippen MR) is 227 cm³/mol. The lowest BCUT2D eigenvalue weighted by Gasteiger charge is -2.34. The number of hydrogen-bond donors (Lipinski definition) is 1. The first-order valence-electron chi connectivity index (χ1n) is 20.3. The molecule has 0 saturated carbocycles. The summed E-state index contributed by atoms with van der Waals surface area (Å²) in [4.78, 5) is 62.3. The van der Waals surface area contributed by atoms with Gasteiger partial charge in [0.05, 0.1) is 12.5 Å². The second-order valence-corrected chi connectivity index (χ2v) is 14.4. The van der Waals surface area contributed by atoms with Crippen molar-refractivity contribution in [3.05, 3.63) is 107 Å². The molecule has 1 heterocycles. The molecular weight excluding hydrogens is 733 g/mol. The molecule has 1 unspecified atom stereocenters. The van der Waals surface area contributed by atoms with Crippen LogP contribution in [-0.4, -0.2) is 74.5 Å². The number of nitrogens with zero attached hydrogens (tertiary/aromatic N) is 3. The Hall–Kier alpha value is -5.97. The number of fused-ring (bicyclic) bond motifs is 2. The molecule has 1 aliphatic heterocycles. The number of hydrogen-bond acceptors (Lipinski definition) is 9. The van der Waals surface area contributed by atoms with E-state index in [2.05, 4.69) is 35.1 Å². The Kier molecular flexibility index (Phi) is 15.6. The number of methoxy groups -OCH3 is 1. The largest absolute Gasteiger partial charge is 0.469 e. The maximum atomic E-state index is 15.1. The van der Waals surface area contributed by atoms with Crippen LogP contribution in [-0.2, 0) is 30.5 Å². The molecule has 0 saturated heterocycles. The highest BCUT2D eigenvalue weighted by atomic mass is 16.5. The van der Waals surface area contributed by atoms with Gasteiger partial charge in [0.1, 0.15) is 24.0 Å². The van der Waals surface area contributed by atoms with Crippen LogP contribution in [0.5, 0.6) is 0 Å². The molecule has 0 spiro atoms. The van der Waals surface area contributed by atoms with Crippen LogP contribution in [0.4, 0.5) is 5.69 Å². The number of anilines is 1. The van der Waals surface area contributed by atoms with Gasteiger partial charge in [-0.25, -0.2) is 0 Å². The Morgan fingerprint density at radius 1 is 0.810 bits per heavy atom. The van der Waals surface area contributed by atoms with Gasteiger partial charge in [-0.1, -0.05) is 62.4 Å². The van der Waals surface area contributed by atoms with E-state index in [1.54, 1.807) is 11.0 Å². The molecule has 0 fully saturated rings.